The Morgan fingerprint density at radius 1 is 0.900 bits per heavy atom. The first kappa shape index (κ1) is 20.1. The number of benzene rings is 1. The topological polar surface area (TPSA) is 36.9 Å². The molecule has 20 heavy (non-hydrogen) atoms. The van der Waals surface area contributed by atoms with Crippen molar-refractivity contribution >= 4 is 14.1 Å². The van der Waals surface area contributed by atoms with E-state index in [1.165, 1.54) is 0 Å². The van der Waals surface area contributed by atoms with E-state index in [0.29, 0.717) is 19.8 Å². The molecule has 1 aromatic rings. The van der Waals surface area contributed by atoms with Gasteiger partial charge >= 0.3 is 24.8 Å². The summed E-state index contributed by atoms with van der Waals surface area (Å²) in [5.74, 6) is -1.10. The van der Waals surface area contributed by atoms with E-state index >= 15 is 0 Å². The molecule has 0 unspecified atom stereocenters. The molecule has 1 aromatic carbocycles. The molecule has 0 aliphatic carbocycles. The van der Waals surface area contributed by atoms with Crippen molar-refractivity contribution in [3.8, 4) is 0 Å². The molecule has 0 N–H and O–H groups in total. The Bertz CT molecular complexity index is 320. The van der Waals surface area contributed by atoms with E-state index in [2.05, 4.69) is 0 Å². The summed E-state index contributed by atoms with van der Waals surface area (Å²) in [4.78, 5) is 0. The van der Waals surface area contributed by atoms with E-state index in [-0.39, 0.29) is 25.5 Å². The summed E-state index contributed by atoms with van der Waals surface area (Å²) in [6, 6.07) is 9.94. The Morgan fingerprint density at radius 3 is 1.85 bits per heavy atom. The molecule has 108 valence electrons. The maximum atomic E-state index is 5.64. The number of hydrogen-bond acceptors (Lipinski definition) is 4. The van der Waals surface area contributed by atoms with E-state index in [4.69, 9.17) is 18.7 Å². The van der Waals surface area contributed by atoms with Crippen LogP contribution < -0.4 is 24.2 Å². The molecule has 4 nitrogen and oxygen atoms in total. The third-order valence-electron chi connectivity index (χ3n) is 2.26. The molecule has 0 amide bonds. The van der Waals surface area contributed by atoms with Crippen LogP contribution in [-0.2, 0) is 18.7 Å². The van der Waals surface area contributed by atoms with Crippen molar-refractivity contribution in [1.29, 1.82) is 0 Å². The minimum atomic E-state index is -1.10. The molecule has 0 radical (unpaired) electrons. The summed E-state index contributed by atoms with van der Waals surface area (Å²) in [5, 5.41) is 1.08. The van der Waals surface area contributed by atoms with Crippen LogP contribution in [0.4, 0.5) is 0 Å². The molecule has 0 aliphatic rings. The van der Waals surface area contributed by atoms with Crippen molar-refractivity contribution in [3.05, 3.63) is 30.3 Å². The van der Waals surface area contributed by atoms with Gasteiger partial charge in [0.15, 0.2) is 0 Å². The molecule has 0 bridgehead atoms. The van der Waals surface area contributed by atoms with Gasteiger partial charge in [0.1, 0.15) is 0 Å². The zero-order valence-electron chi connectivity index (χ0n) is 12.8. The van der Waals surface area contributed by atoms with Gasteiger partial charge in [-0.3, -0.25) is 0 Å². The Morgan fingerprint density at radius 2 is 1.40 bits per heavy atom. The fourth-order valence-corrected chi connectivity index (χ4v) is 2.25. The van der Waals surface area contributed by atoms with E-state index < -0.39 is 5.97 Å². The standard InChI is InChI=1S/C14H22O4P.Li/c1-4-15-14(16-5-2,17-6-3)12-18-19-13-10-8-7-9-11-13;/h7-11H,4-6,12H2,1-3H3;/q-1;+1. The second kappa shape index (κ2) is 11.7. The molecule has 0 saturated carbocycles. The SMILES string of the molecule is CCOC(CO[P-]c1ccccc1)(OCC)OCC.[Li+]. The van der Waals surface area contributed by atoms with Crippen molar-refractivity contribution in [3.63, 3.8) is 0 Å². The quantitative estimate of drug-likeness (QED) is 0.344. The average molecular weight is 292 g/mol. The smallest absolute Gasteiger partial charge is 0.547 e. The van der Waals surface area contributed by atoms with Crippen LogP contribution in [0.3, 0.4) is 0 Å². The van der Waals surface area contributed by atoms with E-state index in [0.717, 1.165) is 14.1 Å². The van der Waals surface area contributed by atoms with Gasteiger partial charge in [0.05, 0.1) is 6.61 Å². The largest absolute Gasteiger partial charge is 1.00 e. The minimum absolute atomic E-state index is 0. The van der Waals surface area contributed by atoms with Gasteiger partial charge in [0.2, 0.25) is 0 Å². The van der Waals surface area contributed by atoms with Crippen molar-refractivity contribution in [2.24, 2.45) is 0 Å². The van der Waals surface area contributed by atoms with Gasteiger partial charge in [-0.05, 0) is 20.8 Å². The fraction of sp³-hybridized carbons (Fsp3) is 0.571. The minimum Gasteiger partial charge on any atom is -0.547 e. The molecule has 0 fully saturated rings. The second-order valence-corrected chi connectivity index (χ2v) is 4.64. The summed E-state index contributed by atoms with van der Waals surface area (Å²) >= 11 is 0. The molecule has 0 atom stereocenters. The predicted octanol–water partition coefficient (Wildman–Crippen LogP) is -0.0430. The van der Waals surface area contributed by atoms with E-state index in [1.54, 1.807) is 0 Å². The van der Waals surface area contributed by atoms with Gasteiger partial charge < -0.3 is 27.5 Å². The predicted molar refractivity (Wildman–Crippen MR) is 76.6 cm³/mol. The maximum absolute atomic E-state index is 5.64. The van der Waals surface area contributed by atoms with Gasteiger partial charge in [-0.2, -0.15) is 5.30 Å². The molecule has 0 saturated heterocycles. The Balaban J connectivity index is 0.00000361. The number of hydrogen-bond donors (Lipinski definition) is 0. The van der Waals surface area contributed by atoms with Crippen molar-refractivity contribution < 1.29 is 37.6 Å². The molecule has 0 heterocycles. The Hall–Kier alpha value is 0.0874. The molecule has 0 spiro atoms. The third kappa shape index (κ3) is 7.20. The molecule has 6 heteroatoms. The summed E-state index contributed by atoms with van der Waals surface area (Å²) in [6.07, 6.45) is 0. The molecular formula is C14H22LiO4P. The number of rotatable bonds is 10. The Labute approximate surface area is 135 Å². The van der Waals surface area contributed by atoms with E-state index in [1.807, 2.05) is 51.1 Å². The molecular weight excluding hydrogens is 270 g/mol. The first-order chi connectivity index (χ1) is 9.26. The summed E-state index contributed by atoms with van der Waals surface area (Å²) in [6.45, 7) is 7.47. The van der Waals surface area contributed by atoms with Gasteiger partial charge in [0.25, 0.3) is 0 Å². The molecule has 1 rings (SSSR count). The van der Waals surface area contributed by atoms with Gasteiger partial charge in [-0.25, -0.2) is 0 Å². The van der Waals surface area contributed by atoms with Crippen molar-refractivity contribution in [2.75, 3.05) is 26.4 Å². The van der Waals surface area contributed by atoms with Crippen LogP contribution in [0, 0.1) is 0 Å². The summed E-state index contributed by atoms with van der Waals surface area (Å²) in [5.41, 5.74) is 0. The van der Waals surface area contributed by atoms with Crippen molar-refractivity contribution in [1.82, 2.24) is 0 Å². The van der Waals surface area contributed by atoms with Gasteiger partial charge in [-0.15, -0.1) is 0 Å². The van der Waals surface area contributed by atoms with Crippen LogP contribution in [0.25, 0.3) is 0 Å². The van der Waals surface area contributed by atoms with Crippen LogP contribution in [0.2, 0.25) is 0 Å². The van der Waals surface area contributed by atoms with Crippen LogP contribution in [0.15, 0.2) is 30.3 Å². The summed E-state index contributed by atoms with van der Waals surface area (Å²) < 4.78 is 22.4. The maximum Gasteiger partial charge on any atom is 1.00 e. The first-order valence-corrected chi connectivity index (χ1v) is 7.37. The van der Waals surface area contributed by atoms with Crippen LogP contribution in [0.5, 0.6) is 0 Å². The molecule has 0 aromatic heterocycles. The average Bonchev–Trinajstić information content (AvgIpc) is 2.41. The van der Waals surface area contributed by atoms with Gasteiger partial charge in [0, 0.05) is 19.8 Å². The zero-order chi connectivity index (χ0) is 14.0. The fourth-order valence-electron chi connectivity index (χ4n) is 1.58. The zero-order valence-corrected chi connectivity index (χ0v) is 13.7. The molecule has 0 aliphatic heterocycles. The van der Waals surface area contributed by atoms with Gasteiger partial charge in [-0.1, -0.05) is 30.3 Å². The van der Waals surface area contributed by atoms with E-state index in [9.17, 15) is 0 Å². The Kier molecular flexibility index (Phi) is 11.8. The van der Waals surface area contributed by atoms with Crippen molar-refractivity contribution in [2.45, 2.75) is 26.7 Å². The monoisotopic (exact) mass is 292 g/mol. The summed E-state index contributed by atoms with van der Waals surface area (Å²) in [7, 11) is 0.768. The number of ether oxygens (including phenoxy) is 3. The normalized spacial score (nSPS) is 11.8. The second-order valence-electron chi connectivity index (χ2n) is 3.68. The first-order valence-electron chi connectivity index (χ1n) is 6.56. The van der Waals surface area contributed by atoms with Crippen LogP contribution >= 0.6 is 8.81 Å². The third-order valence-corrected chi connectivity index (χ3v) is 3.03. The van der Waals surface area contributed by atoms with Crippen LogP contribution in [-0.4, -0.2) is 32.4 Å². The van der Waals surface area contributed by atoms with Crippen LogP contribution in [0.1, 0.15) is 20.8 Å².